The normalized spacial score (nSPS) is 11.0. The standard InChI is InChI=1S/C19H19N3O3S.ClH/c1-21-12-14-10-18(15-6-3-2-4-7-15)22(13-14)26(24,25)17-9-5-8-16(11-17)19(20)23;/h2-11,13,21H,12H2,1H3,(H2,20,23);1H. The van der Waals surface area contributed by atoms with Crippen LogP contribution in [0.3, 0.4) is 0 Å². The van der Waals surface area contributed by atoms with Crippen LogP contribution in [0.1, 0.15) is 15.9 Å². The molecule has 0 saturated carbocycles. The van der Waals surface area contributed by atoms with Crippen LogP contribution in [-0.2, 0) is 16.6 Å². The summed E-state index contributed by atoms with van der Waals surface area (Å²) in [7, 11) is -2.09. The van der Waals surface area contributed by atoms with Gasteiger partial charge in [0.2, 0.25) is 5.91 Å². The van der Waals surface area contributed by atoms with E-state index in [1.54, 1.807) is 13.2 Å². The molecular weight excluding hydrogens is 386 g/mol. The SMILES string of the molecule is CNCc1cc(-c2ccccc2)n(S(=O)(=O)c2cccc(C(N)=O)c2)c1.Cl. The van der Waals surface area contributed by atoms with Crippen LogP contribution >= 0.6 is 12.4 Å². The molecule has 0 bridgehead atoms. The predicted molar refractivity (Wildman–Crippen MR) is 107 cm³/mol. The van der Waals surface area contributed by atoms with Crippen LogP contribution in [0.4, 0.5) is 0 Å². The Morgan fingerprint density at radius 1 is 1.07 bits per heavy atom. The van der Waals surface area contributed by atoms with Gasteiger partial charge in [-0.3, -0.25) is 4.79 Å². The zero-order valence-corrected chi connectivity index (χ0v) is 16.3. The number of halogens is 1. The second-order valence-electron chi connectivity index (χ2n) is 5.82. The molecule has 0 aliphatic carbocycles. The van der Waals surface area contributed by atoms with E-state index in [-0.39, 0.29) is 22.9 Å². The zero-order valence-electron chi connectivity index (χ0n) is 14.6. The Labute approximate surface area is 164 Å². The third-order valence-electron chi connectivity index (χ3n) is 3.97. The van der Waals surface area contributed by atoms with Crippen molar-refractivity contribution in [1.82, 2.24) is 9.29 Å². The van der Waals surface area contributed by atoms with Crippen LogP contribution in [0.2, 0.25) is 0 Å². The molecule has 27 heavy (non-hydrogen) atoms. The topological polar surface area (TPSA) is 94.2 Å². The first-order valence-corrected chi connectivity index (χ1v) is 9.44. The summed E-state index contributed by atoms with van der Waals surface area (Å²) in [4.78, 5) is 11.4. The van der Waals surface area contributed by atoms with E-state index in [2.05, 4.69) is 5.32 Å². The lowest BCUT2D eigenvalue weighted by molar-refractivity contribution is 0.1000. The van der Waals surface area contributed by atoms with Gasteiger partial charge >= 0.3 is 0 Å². The molecular formula is C19H20ClN3O3S. The number of hydrogen-bond donors (Lipinski definition) is 2. The number of nitrogens with zero attached hydrogens (tertiary/aromatic N) is 1. The second kappa shape index (κ2) is 8.39. The van der Waals surface area contributed by atoms with Crippen molar-refractivity contribution >= 4 is 28.3 Å². The molecule has 0 saturated heterocycles. The van der Waals surface area contributed by atoms with E-state index >= 15 is 0 Å². The molecule has 1 heterocycles. The molecule has 8 heteroatoms. The fourth-order valence-electron chi connectivity index (χ4n) is 2.74. The lowest BCUT2D eigenvalue weighted by atomic mass is 10.1. The van der Waals surface area contributed by atoms with Crippen LogP contribution in [0.15, 0.2) is 71.8 Å². The van der Waals surface area contributed by atoms with Crippen LogP contribution < -0.4 is 11.1 Å². The van der Waals surface area contributed by atoms with Crippen molar-refractivity contribution in [2.45, 2.75) is 11.4 Å². The first-order chi connectivity index (χ1) is 12.4. The monoisotopic (exact) mass is 405 g/mol. The van der Waals surface area contributed by atoms with E-state index in [0.29, 0.717) is 12.2 Å². The molecule has 142 valence electrons. The Hall–Kier alpha value is -2.61. The van der Waals surface area contributed by atoms with Crippen LogP contribution in [0.25, 0.3) is 11.3 Å². The van der Waals surface area contributed by atoms with Gasteiger partial charge in [-0.1, -0.05) is 36.4 Å². The molecule has 0 atom stereocenters. The summed E-state index contributed by atoms with van der Waals surface area (Å²) in [5.41, 5.74) is 7.60. The summed E-state index contributed by atoms with van der Waals surface area (Å²) >= 11 is 0. The maximum absolute atomic E-state index is 13.2. The number of nitrogens with two attached hydrogens (primary N) is 1. The fourth-order valence-corrected chi connectivity index (χ4v) is 4.18. The summed E-state index contributed by atoms with van der Waals surface area (Å²) in [5.74, 6) is -0.672. The molecule has 3 N–H and O–H groups in total. The molecule has 3 rings (SSSR count). The summed E-state index contributed by atoms with van der Waals surface area (Å²) in [6.45, 7) is 0.531. The smallest absolute Gasteiger partial charge is 0.268 e. The van der Waals surface area contributed by atoms with E-state index < -0.39 is 15.9 Å². The second-order valence-corrected chi connectivity index (χ2v) is 7.64. The van der Waals surface area contributed by atoms with Crippen LogP contribution in [0.5, 0.6) is 0 Å². The van der Waals surface area contributed by atoms with Crippen molar-refractivity contribution in [1.29, 1.82) is 0 Å². The van der Waals surface area contributed by atoms with Gasteiger partial charge in [0.05, 0.1) is 10.6 Å². The predicted octanol–water partition coefficient (Wildman–Crippen LogP) is 2.63. The van der Waals surface area contributed by atoms with E-state index in [1.165, 1.54) is 28.2 Å². The Morgan fingerprint density at radius 3 is 2.41 bits per heavy atom. The van der Waals surface area contributed by atoms with Gasteiger partial charge in [-0.2, -0.15) is 0 Å². The third kappa shape index (κ3) is 4.21. The third-order valence-corrected chi connectivity index (χ3v) is 5.64. The largest absolute Gasteiger partial charge is 0.366 e. The van der Waals surface area contributed by atoms with Gasteiger partial charge in [0.1, 0.15) is 0 Å². The number of benzene rings is 2. The average molecular weight is 406 g/mol. The van der Waals surface area contributed by atoms with Gasteiger partial charge in [-0.15, -0.1) is 12.4 Å². The number of amides is 1. The minimum Gasteiger partial charge on any atom is -0.366 e. The number of aromatic nitrogens is 1. The van der Waals surface area contributed by atoms with Crippen molar-refractivity contribution in [2.24, 2.45) is 5.73 Å². The van der Waals surface area contributed by atoms with Crippen molar-refractivity contribution < 1.29 is 13.2 Å². The minimum atomic E-state index is -3.89. The quantitative estimate of drug-likeness (QED) is 0.659. The summed E-state index contributed by atoms with van der Waals surface area (Å²) in [6, 6.07) is 16.9. The van der Waals surface area contributed by atoms with Gasteiger partial charge in [-0.25, -0.2) is 12.4 Å². The highest BCUT2D eigenvalue weighted by atomic mass is 35.5. The molecule has 0 aliphatic rings. The molecule has 3 aromatic rings. The van der Waals surface area contributed by atoms with E-state index in [4.69, 9.17) is 5.73 Å². The van der Waals surface area contributed by atoms with Crippen molar-refractivity contribution in [3.05, 3.63) is 78.0 Å². The first-order valence-electron chi connectivity index (χ1n) is 8.00. The Balaban J connectivity index is 0.00000261. The lowest BCUT2D eigenvalue weighted by Gasteiger charge is -2.11. The van der Waals surface area contributed by atoms with Crippen LogP contribution in [0, 0.1) is 0 Å². The van der Waals surface area contributed by atoms with Gasteiger partial charge in [0.25, 0.3) is 10.0 Å². The highest BCUT2D eigenvalue weighted by Crippen LogP contribution is 2.27. The minimum absolute atomic E-state index is 0. The summed E-state index contributed by atoms with van der Waals surface area (Å²) in [5, 5.41) is 3.02. The van der Waals surface area contributed by atoms with Crippen LogP contribution in [-0.4, -0.2) is 25.3 Å². The molecule has 1 aromatic heterocycles. The number of rotatable bonds is 6. The van der Waals surface area contributed by atoms with E-state index in [9.17, 15) is 13.2 Å². The van der Waals surface area contributed by atoms with E-state index in [1.807, 2.05) is 36.4 Å². The summed E-state index contributed by atoms with van der Waals surface area (Å²) < 4.78 is 27.7. The molecule has 0 spiro atoms. The van der Waals surface area contributed by atoms with Gasteiger partial charge in [0, 0.05) is 18.3 Å². The lowest BCUT2D eigenvalue weighted by Crippen LogP contribution is -2.16. The first kappa shape index (κ1) is 20.7. The number of carbonyl (C=O) groups excluding carboxylic acids is 1. The molecule has 0 aliphatic heterocycles. The number of primary amides is 1. The maximum Gasteiger partial charge on any atom is 0.268 e. The average Bonchev–Trinajstić information content (AvgIpc) is 3.08. The molecule has 2 aromatic carbocycles. The Morgan fingerprint density at radius 2 is 1.78 bits per heavy atom. The van der Waals surface area contributed by atoms with Crippen molar-refractivity contribution in [3.8, 4) is 11.3 Å². The molecule has 0 unspecified atom stereocenters. The van der Waals surface area contributed by atoms with Gasteiger partial charge in [0.15, 0.2) is 0 Å². The Kier molecular flexibility index (Phi) is 6.43. The van der Waals surface area contributed by atoms with Gasteiger partial charge in [-0.05, 0) is 42.4 Å². The summed E-state index contributed by atoms with van der Waals surface area (Å²) in [6.07, 6.45) is 1.59. The fraction of sp³-hybridized carbons (Fsp3) is 0.105. The molecule has 0 fully saturated rings. The van der Waals surface area contributed by atoms with Crippen molar-refractivity contribution in [2.75, 3.05) is 7.05 Å². The van der Waals surface area contributed by atoms with Crippen molar-refractivity contribution in [3.63, 3.8) is 0 Å². The molecule has 6 nitrogen and oxygen atoms in total. The number of hydrogen-bond acceptors (Lipinski definition) is 4. The molecule has 0 radical (unpaired) electrons. The van der Waals surface area contributed by atoms with E-state index in [0.717, 1.165) is 11.1 Å². The maximum atomic E-state index is 13.2. The Bertz CT molecular complexity index is 1050. The highest BCUT2D eigenvalue weighted by molar-refractivity contribution is 7.90. The zero-order chi connectivity index (χ0) is 18.7. The molecule has 1 amide bonds. The number of carbonyl (C=O) groups is 1. The number of nitrogens with one attached hydrogen (secondary N) is 1. The highest BCUT2D eigenvalue weighted by Gasteiger charge is 2.22. The van der Waals surface area contributed by atoms with Gasteiger partial charge < -0.3 is 11.1 Å².